The maximum atomic E-state index is 12.5. The van der Waals surface area contributed by atoms with Crippen LogP contribution >= 0.6 is 0 Å². The highest BCUT2D eigenvalue weighted by Crippen LogP contribution is 2.40. The van der Waals surface area contributed by atoms with E-state index in [0.29, 0.717) is 17.7 Å². The van der Waals surface area contributed by atoms with Crippen LogP contribution in [-0.4, -0.2) is 46.9 Å². The van der Waals surface area contributed by atoms with Crippen molar-refractivity contribution in [3.63, 3.8) is 0 Å². The Morgan fingerprint density at radius 3 is 2.55 bits per heavy atom. The van der Waals surface area contributed by atoms with Crippen LogP contribution in [0.2, 0.25) is 0 Å². The van der Waals surface area contributed by atoms with E-state index in [2.05, 4.69) is 33.8 Å². The van der Waals surface area contributed by atoms with Crippen LogP contribution < -0.4 is 0 Å². The largest absolute Gasteiger partial charge is 0.465 e. The van der Waals surface area contributed by atoms with Crippen molar-refractivity contribution < 1.29 is 9.21 Å². The van der Waals surface area contributed by atoms with Gasteiger partial charge in [-0.2, -0.15) is 0 Å². The number of hydrogen-bond donors (Lipinski definition) is 0. The van der Waals surface area contributed by atoms with Crippen molar-refractivity contribution in [2.24, 2.45) is 5.41 Å². The first-order valence-corrected chi connectivity index (χ1v) is 11.1. The number of likely N-dealkylation sites (tertiary alicyclic amines) is 2. The molecular weight excluding hydrogens is 362 g/mol. The number of rotatable bonds is 7. The Morgan fingerprint density at radius 1 is 1.03 bits per heavy atom. The smallest absolute Gasteiger partial charge is 0.222 e. The molecule has 1 amide bonds. The van der Waals surface area contributed by atoms with E-state index in [9.17, 15) is 4.79 Å². The van der Waals surface area contributed by atoms with Crippen molar-refractivity contribution in [1.82, 2.24) is 14.8 Å². The first-order chi connectivity index (χ1) is 14.2. The zero-order chi connectivity index (χ0) is 20.1. The molecule has 0 unspecified atom stereocenters. The molecule has 0 N–H and O–H groups in total. The van der Waals surface area contributed by atoms with Crippen LogP contribution in [0.15, 0.2) is 41.1 Å². The number of amides is 1. The van der Waals surface area contributed by atoms with Gasteiger partial charge in [0.2, 0.25) is 5.91 Å². The molecule has 0 atom stereocenters. The minimum atomic E-state index is 0.305. The van der Waals surface area contributed by atoms with Gasteiger partial charge in [-0.3, -0.25) is 14.7 Å². The van der Waals surface area contributed by atoms with Crippen molar-refractivity contribution in [3.8, 4) is 0 Å². The zero-order valence-corrected chi connectivity index (χ0v) is 17.6. The number of carbonyl (C=O) groups excluding carboxylic acids is 1. The lowest BCUT2D eigenvalue weighted by atomic mass is 9.72. The Bertz CT molecular complexity index is 793. The monoisotopic (exact) mass is 395 g/mol. The third kappa shape index (κ3) is 5.08. The van der Waals surface area contributed by atoms with Crippen molar-refractivity contribution in [3.05, 3.63) is 53.7 Å². The summed E-state index contributed by atoms with van der Waals surface area (Å²) in [5.41, 5.74) is 1.56. The summed E-state index contributed by atoms with van der Waals surface area (Å²) in [4.78, 5) is 21.2. The third-order valence-electron chi connectivity index (χ3n) is 6.68. The first-order valence-electron chi connectivity index (χ1n) is 11.1. The van der Waals surface area contributed by atoms with Gasteiger partial charge in [0, 0.05) is 38.3 Å². The molecule has 2 aliphatic heterocycles. The Kier molecular flexibility index (Phi) is 6.34. The average Bonchev–Trinajstić information content (AvgIpc) is 3.19. The molecule has 156 valence electrons. The summed E-state index contributed by atoms with van der Waals surface area (Å²) in [6, 6.07) is 8.35. The Hall–Kier alpha value is -2.14. The van der Waals surface area contributed by atoms with E-state index in [4.69, 9.17) is 4.42 Å². The van der Waals surface area contributed by atoms with Crippen molar-refractivity contribution >= 4 is 5.91 Å². The van der Waals surface area contributed by atoms with Crippen LogP contribution in [0.5, 0.6) is 0 Å². The van der Waals surface area contributed by atoms with Crippen molar-refractivity contribution in [2.75, 3.05) is 26.2 Å². The SMILES string of the molecule is CCCc1ccc(CN2CCC3(CCC(=O)N(CCc4ccncc4)C3)CC2)o1. The quantitative estimate of drug-likeness (QED) is 0.709. The first kappa shape index (κ1) is 20.1. The Morgan fingerprint density at radius 2 is 1.79 bits per heavy atom. The summed E-state index contributed by atoms with van der Waals surface area (Å²) in [6.07, 6.45) is 10.8. The Balaban J connectivity index is 1.29. The number of pyridine rings is 1. The molecule has 2 fully saturated rings. The standard InChI is InChI=1S/C24H33N3O2/c1-2-3-21-4-5-22(29-21)18-26-16-11-24(12-17-26)10-6-23(28)27(19-24)15-9-20-7-13-25-14-8-20/h4-5,7-8,13-14H,2-3,6,9-12,15-19H2,1H3. The van der Waals surface area contributed by atoms with Crippen molar-refractivity contribution in [2.45, 2.75) is 58.4 Å². The molecule has 5 nitrogen and oxygen atoms in total. The van der Waals surface area contributed by atoms with E-state index < -0.39 is 0 Å². The number of nitrogens with zero attached hydrogens (tertiary/aromatic N) is 3. The molecule has 2 aliphatic rings. The van der Waals surface area contributed by atoms with E-state index in [-0.39, 0.29) is 0 Å². The lowest BCUT2D eigenvalue weighted by Gasteiger charge is -2.47. The fourth-order valence-corrected chi connectivity index (χ4v) is 4.82. The number of furan rings is 1. The highest BCUT2D eigenvalue weighted by atomic mass is 16.3. The van der Waals surface area contributed by atoms with Crippen LogP contribution in [0.25, 0.3) is 0 Å². The van der Waals surface area contributed by atoms with E-state index in [0.717, 1.165) is 69.9 Å². The maximum absolute atomic E-state index is 12.5. The van der Waals surface area contributed by atoms with Gasteiger partial charge >= 0.3 is 0 Å². The van der Waals surface area contributed by atoms with Crippen molar-refractivity contribution in [1.29, 1.82) is 0 Å². The second-order valence-electron chi connectivity index (χ2n) is 8.81. The summed E-state index contributed by atoms with van der Waals surface area (Å²) >= 11 is 0. The summed E-state index contributed by atoms with van der Waals surface area (Å²) < 4.78 is 5.97. The second-order valence-corrected chi connectivity index (χ2v) is 8.81. The molecule has 0 aromatic carbocycles. The molecule has 0 bridgehead atoms. The van der Waals surface area contributed by atoms with Crippen LogP contribution in [0, 0.1) is 5.41 Å². The molecule has 1 spiro atoms. The number of aryl methyl sites for hydroxylation is 1. The predicted molar refractivity (Wildman–Crippen MR) is 113 cm³/mol. The van der Waals surface area contributed by atoms with Gasteiger partial charge in [-0.15, -0.1) is 0 Å². The highest BCUT2D eigenvalue weighted by Gasteiger charge is 2.40. The van der Waals surface area contributed by atoms with Crippen LogP contribution in [0.1, 0.15) is 56.1 Å². The fraction of sp³-hybridized carbons (Fsp3) is 0.583. The molecule has 4 rings (SSSR count). The number of carbonyl (C=O) groups is 1. The van der Waals surface area contributed by atoms with E-state index in [1.54, 1.807) is 0 Å². The molecular formula is C24H33N3O2. The van der Waals surface area contributed by atoms with E-state index >= 15 is 0 Å². The van der Waals surface area contributed by atoms with Crippen LogP contribution in [0.3, 0.4) is 0 Å². The molecule has 0 radical (unpaired) electrons. The van der Waals surface area contributed by atoms with Crippen LogP contribution in [-0.2, 0) is 24.2 Å². The zero-order valence-electron chi connectivity index (χ0n) is 17.6. The highest BCUT2D eigenvalue weighted by molar-refractivity contribution is 5.77. The van der Waals surface area contributed by atoms with Gasteiger partial charge in [-0.05, 0) is 80.4 Å². The summed E-state index contributed by atoms with van der Waals surface area (Å²) in [7, 11) is 0. The summed E-state index contributed by atoms with van der Waals surface area (Å²) in [6.45, 7) is 7.02. The van der Waals surface area contributed by atoms with E-state index in [1.165, 1.54) is 18.4 Å². The van der Waals surface area contributed by atoms with Gasteiger partial charge in [0.15, 0.2) is 0 Å². The molecule has 2 aromatic heterocycles. The normalized spacial score (nSPS) is 19.8. The minimum Gasteiger partial charge on any atom is -0.465 e. The molecule has 2 saturated heterocycles. The van der Waals surface area contributed by atoms with Gasteiger partial charge < -0.3 is 9.32 Å². The van der Waals surface area contributed by atoms with Gasteiger partial charge in [0.05, 0.1) is 6.54 Å². The summed E-state index contributed by atoms with van der Waals surface area (Å²) in [5.74, 6) is 2.51. The number of hydrogen-bond acceptors (Lipinski definition) is 4. The van der Waals surface area contributed by atoms with E-state index in [1.807, 2.05) is 24.5 Å². The fourth-order valence-electron chi connectivity index (χ4n) is 4.82. The van der Waals surface area contributed by atoms with Gasteiger partial charge in [-0.1, -0.05) is 6.92 Å². The lowest BCUT2D eigenvalue weighted by molar-refractivity contribution is -0.139. The number of piperidine rings is 2. The maximum Gasteiger partial charge on any atom is 0.222 e. The molecule has 0 saturated carbocycles. The molecule has 0 aliphatic carbocycles. The van der Waals surface area contributed by atoms with Gasteiger partial charge in [0.1, 0.15) is 11.5 Å². The molecule has 5 heteroatoms. The average molecular weight is 396 g/mol. The summed E-state index contributed by atoms with van der Waals surface area (Å²) in [5, 5.41) is 0. The Labute approximate surface area is 174 Å². The van der Waals surface area contributed by atoms with Gasteiger partial charge in [0.25, 0.3) is 0 Å². The van der Waals surface area contributed by atoms with Crippen LogP contribution in [0.4, 0.5) is 0 Å². The molecule has 4 heterocycles. The lowest BCUT2D eigenvalue weighted by Crippen LogP contribution is -2.51. The molecule has 29 heavy (non-hydrogen) atoms. The minimum absolute atomic E-state index is 0.305. The second kappa shape index (κ2) is 9.12. The predicted octanol–water partition coefficient (Wildman–Crippen LogP) is 4.07. The third-order valence-corrected chi connectivity index (χ3v) is 6.68. The topological polar surface area (TPSA) is 49.6 Å². The molecule has 2 aromatic rings. The number of aromatic nitrogens is 1. The van der Waals surface area contributed by atoms with Gasteiger partial charge in [-0.25, -0.2) is 0 Å².